The number of hydrogen-bond acceptors (Lipinski definition) is 15. The molecule has 0 aliphatic carbocycles. The fraction of sp³-hybridized carbons (Fsp3) is 0.947. The maximum absolute atomic E-state index is 13.1. The molecule has 0 saturated carbocycles. The quantitative estimate of drug-likeness (QED) is 0.0222. The Morgan fingerprint density at radius 2 is 0.484 bits per heavy atom. The van der Waals surface area contributed by atoms with Crippen molar-refractivity contribution in [2.24, 2.45) is 11.8 Å². The van der Waals surface area contributed by atoms with Gasteiger partial charge in [-0.05, 0) is 37.5 Å². The highest BCUT2D eigenvalue weighted by molar-refractivity contribution is 7.47. The number of carbonyl (C=O) groups is 4. The second-order valence-corrected chi connectivity index (χ2v) is 31.3. The number of phosphoric ester groups is 2. The summed E-state index contributed by atoms with van der Waals surface area (Å²) >= 11 is 0. The van der Waals surface area contributed by atoms with Crippen molar-refractivity contribution < 1.29 is 80.2 Å². The molecule has 0 aliphatic rings. The molecule has 0 bridgehead atoms. The molecular weight excluding hydrogens is 1250 g/mol. The Morgan fingerprint density at radius 3 is 0.716 bits per heavy atom. The lowest BCUT2D eigenvalue weighted by molar-refractivity contribution is -0.161. The minimum atomic E-state index is -4.96. The Bertz CT molecular complexity index is 1840. The Kier molecular flexibility index (Phi) is 66.5. The molecule has 0 aromatic carbocycles. The molecule has 19 heteroatoms. The van der Waals surface area contributed by atoms with Gasteiger partial charge in [0, 0.05) is 25.7 Å². The normalized spacial score (nSPS) is 14.0. The fourth-order valence-electron chi connectivity index (χ4n) is 11.7. The van der Waals surface area contributed by atoms with Crippen LogP contribution in [0.1, 0.15) is 395 Å². The number of aliphatic hydroxyl groups excluding tert-OH is 1. The molecule has 0 radical (unpaired) electrons. The predicted molar refractivity (Wildman–Crippen MR) is 386 cm³/mol. The molecule has 0 aromatic heterocycles. The van der Waals surface area contributed by atoms with E-state index in [0.717, 1.165) is 102 Å². The van der Waals surface area contributed by atoms with E-state index in [4.69, 9.17) is 37.0 Å². The minimum Gasteiger partial charge on any atom is -0.462 e. The monoisotopic (exact) mass is 1400 g/mol. The zero-order chi connectivity index (χ0) is 70.0. The summed E-state index contributed by atoms with van der Waals surface area (Å²) < 4.78 is 68.5. The van der Waals surface area contributed by atoms with Gasteiger partial charge in [-0.3, -0.25) is 37.3 Å². The third kappa shape index (κ3) is 70.3. The van der Waals surface area contributed by atoms with Crippen LogP contribution in [0.25, 0.3) is 0 Å². The molecule has 5 atom stereocenters. The van der Waals surface area contributed by atoms with Gasteiger partial charge in [0.25, 0.3) is 0 Å². The smallest absolute Gasteiger partial charge is 0.462 e. The molecule has 0 fully saturated rings. The maximum Gasteiger partial charge on any atom is 0.472 e. The van der Waals surface area contributed by atoms with Crippen molar-refractivity contribution in [2.75, 3.05) is 39.6 Å². The summed E-state index contributed by atoms with van der Waals surface area (Å²) in [5.41, 5.74) is 0. The van der Waals surface area contributed by atoms with E-state index in [-0.39, 0.29) is 25.7 Å². The first kappa shape index (κ1) is 93.1. The summed E-state index contributed by atoms with van der Waals surface area (Å²) in [5, 5.41) is 10.6. The lowest BCUT2D eigenvalue weighted by Gasteiger charge is -2.21. The highest BCUT2D eigenvalue weighted by Gasteiger charge is 2.30. The lowest BCUT2D eigenvalue weighted by Crippen LogP contribution is -2.30. The van der Waals surface area contributed by atoms with E-state index >= 15 is 0 Å². The van der Waals surface area contributed by atoms with E-state index in [1.54, 1.807) is 0 Å². The standard InChI is InChI=1S/C76H148O17P2/c1-7-9-11-13-15-17-19-21-23-24-25-27-29-31-35-41-48-54-60-75(80)92-71(64-86-73(78)58-52-46-40-34-30-28-26-22-20-18-16-14-12-10-8-2)66-90-94(82,83)88-62-70(77)63-89-95(84,85)91-67-72(65-87-74(79)59-53-47-43-37-39-45-51-57-69(5)6)93-76(81)61-55-49-42-36-32-33-38-44-50-56-68(3)4/h68-72,77H,7-67H2,1-6H3,(H,82,83)(H,84,85)/t70-,71-,72-/m1/s1. The summed E-state index contributed by atoms with van der Waals surface area (Å²) in [4.78, 5) is 72.8. The molecule has 0 aliphatic heterocycles. The number of hydrogen-bond donors (Lipinski definition) is 3. The number of unbranched alkanes of at least 4 members (excludes halogenated alkanes) is 45. The third-order valence-electron chi connectivity index (χ3n) is 17.7. The van der Waals surface area contributed by atoms with E-state index < -0.39 is 97.5 Å². The summed E-state index contributed by atoms with van der Waals surface area (Å²) in [6.45, 7) is 9.52. The highest BCUT2D eigenvalue weighted by atomic mass is 31.2. The van der Waals surface area contributed by atoms with Crippen LogP contribution < -0.4 is 0 Å². The van der Waals surface area contributed by atoms with E-state index in [1.807, 2.05) is 0 Å². The minimum absolute atomic E-state index is 0.105. The van der Waals surface area contributed by atoms with Gasteiger partial charge < -0.3 is 33.8 Å². The average molecular weight is 1400 g/mol. The summed E-state index contributed by atoms with van der Waals surface area (Å²) in [6, 6.07) is 0. The summed E-state index contributed by atoms with van der Waals surface area (Å²) in [6.07, 6.45) is 55.6. The first-order chi connectivity index (χ1) is 45.9. The van der Waals surface area contributed by atoms with E-state index in [1.165, 1.54) is 205 Å². The van der Waals surface area contributed by atoms with Gasteiger partial charge in [-0.2, -0.15) is 0 Å². The largest absolute Gasteiger partial charge is 0.472 e. The molecule has 2 unspecified atom stereocenters. The van der Waals surface area contributed by atoms with Crippen LogP contribution in [0.4, 0.5) is 0 Å². The van der Waals surface area contributed by atoms with Crippen molar-refractivity contribution in [1.29, 1.82) is 0 Å². The second kappa shape index (κ2) is 67.9. The van der Waals surface area contributed by atoms with E-state index in [2.05, 4.69) is 41.5 Å². The van der Waals surface area contributed by atoms with Crippen LogP contribution in [0.15, 0.2) is 0 Å². The van der Waals surface area contributed by atoms with Crippen LogP contribution in [-0.4, -0.2) is 96.7 Å². The molecular formula is C76H148O17P2. The van der Waals surface area contributed by atoms with Crippen LogP contribution >= 0.6 is 15.6 Å². The molecule has 0 aromatic rings. The van der Waals surface area contributed by atoms with Gasteiger partial charge in [0.05, 0.1) is 26.4 Å². The highest BCUT2D eigenvalue weighted by Crippen LogP contribution is 2.45. The molecule has 3 N–H and O–H groups in total. The van der Waals surface area contributed by atoms with Crippen LogP contribution in [0.3, 0.4) is 0 Å². The van der Waals surface area contributed by atoms with Crippen LogP contribution in [-0.2, 0) is 65.4 Å². The first-order valence-electron chi connectivity index (χ1n) is 39.5. The first-order valence-corrected chi connectivity index (χ1v) is 42.5. The second-order valence-electron chi connectivity index (χ2n) is 28.3. The molecule has 0 spiro atoms. The van der Waals surface area contributed by atoms with Gasteiger partial charge in [0.2, 0.25) is 0 Å². The van der Waals surface area contributed by atoms with Crippen molar-refractivity contribution in [2.45, 2.75) is 413 Å². The van der Waals surface area contributed by atoms with Crippen LogP contribution in [0, 0.1) is 11.8 Å². The molecule has 0 saturated heterocycles. The lowest BCUT2D eigenvalue weighted by atomic mass is 10.0. The van der Waals surface area contributed by atoms with Crippen molar-refractivity contribution in [3.05, 3.63) is 0 Å². The Morgan fingerprint density at radius 1 is 0.284 bits per heavy atom. The van der Waals surface area contributed by atoms with Crippen molar-refractivity contribution in [3.8, 4) is 0 Å². The zero-order valence-electron chi connectivity index (χ0n) is 62.0. The molecule has 17 nitrogen and oxygen atoms in total. The maximum atomic E-state index is 13.1. The fourth-order valence-corrected chi connectivity index (χ4v) is 13.2. The Balaban J connectivity index is 5.24. The number of carbonyl (C=O) groups excluding carboxylic acids is 4. The Labute approximate surface area is 581 Å². The molecule has 0 heterocycles. The van der Waals surface area contributed by atoms with Gasteiger partial charge in [-0.1, -0.05) is 343 Å². The number of rotatable bonds is 75. The van der Waals surface area contributed by atoms with Gasteiger partial charge in [0.1, 0.15) is 19.3 Å². The average Bonchev–Trinajstić information content (AvgIpc) is 1.85. The van der Waals surface area contributed by atoms with E-state index in [9.17, 15) is 43.2 Å². The van der Waals surface area contributed by atoms with Crippen molar-refractivity contribution in [3.63, 3.8) is 0 Å². The number of aliphatic hydroxyl groups is 1. The van der Waals surface area contributed by atoms with Gasteiger partial charge >= 0.3 is 39.5 Å². The number of ether oxygens (including phenoxy) is 4. The molecule has 0 amide bonds. The van der Waals surface area contributed by atoms with Crippen LogP contribution in [0.2, 0.25) is 0 Å². The van der Waals surface area contributed by atoms with Crippen molar-refractivity contribution >= 4 is 39.5 Å². The van der Waals surface area contributed by atoms with Gasteiger partial charge in [-0.25, -0.2) is 9.13 Å². The molecule has 0 rings (SSSR count). The number of esters is 4. The number of phosphoric acid groups is 2. The van der Waals surface area contributed by atoms with Crippen LogP contribution in [0.5, 0.6) is 0 Å². The van der Waals surface area contributed by atoms with Gasteiger partial charge in [0.15, 0.2) is 12.2 Å². The summed E-state index contributed by atoms with van der Waals surface area (Å²) in [7, 11) is -9.91. The molecule has 95 heavy (non-hydrogen) atoms. The van der Waals surface area contributed by atoms with Crippen molar-refractivity contribution in [1.82, 2.24) is 0 Å². The SMILES string of the molecule is CCCCCCCCCCCCCCCCCCCCC(=O)O[C@H](COC(=O)CCCCCCCCCCCCCCCCC)COP(=O)(O)OC[C@@H](O)COP(=O)(O)OC[C@@H](COC(=O)CCCCCCCCCC(C)C)OC(=O)CCCCCCCCCCCC(C)C. The topological polar surface area (TPSA) is 237 Å². The van der Waals surface area contributed by atoms with E-state index in [0.29, 0.717) is 31.6 Å². The van der Waals surface area contributed by atoms with Gasteiger partial charge in [-0.15, -0.1) is 0 Å². The third-order valence-corrected chi connectivity index (χ3v) is 19.6. The Hall–Kier alpha value is -1.94. The predicted octanol–water partition coefficient (Wildman–Crippen LogP) is 22.3. The molecule has 564 valence electrons. The zero-order valence-corrected chi connectivity index (χ0v) is 63.8. The summed E-state index contributed by atoms with van der Waals surface area (Å²) in [5.74, 6) is -0.675.